The largest absolute Gasteiger partial charge is 0.382 e. The summed E-state index contributed by atoms with van der Waals surface area (Å²) in [5, 5.41) is 3.39. The zero-order valence-electron chi connectivity index (χ0n) is 20.0. The lowest BCUT2D eigenvalue weighted by molar-refractivity contribution is 0.0536. The van der Waals surface area contributed by atoms with Crippen LogP contribution in [-0.2, 0) is 16.0 Å². The second-order valence-electron chi connectivity index (χ2n) is 8.55. The van der Waals surface area contributed by atoms with Crippen LogP contribution >= 0.6 is 0 Å². The highest BCUT2D eigenvalue weighted by molar-refractivity contribution is 5.80. The van der Waals surface area contributed by atoms with Gasteiger partial charge in [-0.3, -0.25) is 0 Å². The molecule has 0 radical (unpaired) electrons. The lowest BCUT2D eigenvalue weighted by Crippen LogP contribution is -2.46. The molecule has 1 unspecified atom stereocenters. The van der Waals surface area contributed by atoms with Crippen molar-refractivity contribution in [2.75, 3.05) is 84.2 Å². The highest BCUT2D eigenvalue weighted by Crippen LogP contribution is 2.23. The minimum Gasteiger partial charge on any atom is -0.382 e. The molecule has 8 heteroatoms. The van der Waals surface area contributed by atoms with Gasteiger partial charge in [-0.2, -0.15) is 0 Å². The van der Waals surface area contributed by atoms with Crippen LogP contribution in [0, 0.1) is 11.7 Å². The van der Waals surface area contributed by atoms with Gasteiger partial charge in [0.25, 0.3) is 0 Å². The molecule has 0 spiro atoms. The molecule has 0 amide bonds. The van der Waals surface area contributed by atoms with E-state index >= 15 is 0 Å². The fraction of sp³-hybridized carbons (Fsp3) is 0.708. The topological polar surface area (TPSA) is 52.6 Å². The van der Waals surface area contributed by atoms with Crippen molar-refractivity contribution in [3.05, 3.63) is 29.6 Å². The van der Waals surface area contributed by atoms with Gasteiger partial charge in [0.15, 0.2) is 5.96 Å². The van der Waals surface area contributed by atoms with Crippen LogP contribution in [0.15, 0.2) is 23.2 Å². The molecule has 1 N–H and O–H groups in total. The third-order valence-electron chi connectivity index (χ3n) is 6.29. The van der Waals surface area contributed by atoms with Crippen molar-refractivity contribution in [1.29, 1.82) is 0 Å². The number of ether oxygens (including phenoxy) is 2. The smallest absolute Gasteiger partial charge is 0.194 e. The first-order chi connectivity index (χ1) is 15.6. The van der Waals surface area contributed by atoms with Crippen molar-refractivity contribution >= 4 is 11.6 Å². The predicted octanol–water partition coefficient (Wildman–Crippen LogP) is 2.42. The molecule has 2 aliphatic rings. The van der Waals surface area contributed by atoms with Crippen molar-refractivity contribution in [1.82, 2.24) is 15.1 Å². The molecule has 1 atom stereocenters. The van der Waals surface area contributed by atoms with Gasteiger partial charge in [-0.1, -0.05) is 13.0 Å². The van der Waals surface area contributed by atoms with E-state index in [-0.39, 0.29) is 5.82 Å². The molecule has 0 aliphatic carbocycles. The van der Waals surface area contributed by atoms with Gasteiger partial charge in [-0.25, -0.2) is 9.38 Å². The standard InChI is InChI=1S/C24H40FN5O2/c1-4-26-24(30-9-8-21(18-30)19-32-15-14-31-3)27-17-20-6-7-23(22(25)16-20)29-12-10-28(5-2)11-13-29/h6-7,16,21H,4-5,8-15,17-19H2,1-3H3,(H,26,27). The first kappa shape index (κ1) is 24.7. The summed E-state index contributed by atoms with van der Waals surface area (Å²) < 4.78 is 25.6. The van der Waals surface area contributed by atoms with Gasteiger partial charge in [0.1, 0.15) is 5.82 Å². The molecule has 0 bridgehead atoms. The molecule has 32 heavy (non-hydrogen) atoms. The SMILES string of the molecule is CCNC(=NCc1ccc(N2CCN(CC)CC2)c(F)c1)N1CCC(COCCOC)C1. The van der Waals surface area contributed by atoms with Gasteiger partial charge < -0.3 is 29.5 Å². The van der Waals surface area contributed by atoms with E-state index in [1.807, 2.05) is 12.1 Å². The first-order valence-electron chi connectivity index (χ1n) is 12.0. The molecule has 1 aromatic rings. The summed E-state index contributed by atoms with van der Waals surface area (Å²) in [4.78, 5) is 11.6. The van der Waals surface area contributed by atoms with E-state index in [0.29, 0.717) is 31.4 Å². The predicted molar refractivity (Wildman–Crippen MR) is 128 cm³/mol. The minimum atomic E-state index is -0.151. The zero-order valence-corrected chi connectivity index (χ0v) is 20.0. The molecule has 2 saturated heterocycles. The molecule has 2 heterocycles. The number of hydrogen-bond donors (Lipinski definition) is 1. The Hall–Kier alpha value is -1.90. The molecule has 3 rings (SSSR count). The Kier molecular flexibility index (Phi) is 10.0. The quantitative estimate of drug-likeness (QED) is 0.336. The molecule has 2 fully saturated rings. The zero-order chi connectivity index (χ0) is 22.8. The summed E-state index contributed by atoms with van der Waals surface area (Å²) in [6.07, 6.45) is 1.09. The van der Waals surface area contributed by atoms with E-state index in [2.05, 4.69) is 33.9 Å². The van der Waals surface area contributed by atoms with Gasteiger partial charge in [0.2, 0.25) is 0 Å². The minimum absolute atomic E-state index is 0.151. The van der Waals surface area contributed by atoms with Gasteiger partial charge in [-0.05, 0) is 37.6 Å². The van der Waals surface area contributed by atoms with E-state index < -0.39 is 0 Å². The summed E-state index contributed by atoms with van der Waals surface area (Å²) in [5.41, 5.74) is 1.60. The highest BCUT2D eigenvalue weighted by Gasteiger charge is 2.25. The monoisotopic (exact) mass is 449 g/mol. The number of likely N-dealkylation sites (N-methyl/N-ethyl adjacent to an activating group) is 1. The van der Waals surface area contributed by atoms with Crippen molar-refractivity contribution in [2.24, 2.45) is 10.9 Å². The maximum Gasteiger partial charge on any atom is 0.194 e. The maximum atomic E-state index is 14.9. The van der Waals surface area contributed by atoms with Crippen molar-refractivity contribution < 1.29 is 13.9 Å². The Morgan fingerprint density at radius 2 is 1.97 bits per heavy atom. The fourth-order valence-corrected chi connectivity index (χ4v) is 4.36. The van der Waals surface area contributed by atoms with Crippen LogP contribution in [0.5, 0.6) is 0 Å². The van der Waals surface area contributed by atoms with E-state index in [1.165, 1.54) is 0 Å². The van der Waals surface area contributed by atoms with Crippen molar-refractivity contribution in [3.8, 4) is 0 Å². The molecule has 7 nitrogen and oxygen atoms in total. The number of piperazine rings is 1. The second kappa shape index (κ2) is 13.0. The summed E-state index contributed by atoms with van der Waals surface area (Å²) in [6, 6.07) is 5.57. The molecule has 1 aromatic carbocycles. The van der Waals surface area contributed by atoms with Crippen LogP contribution in [0.2, 0.25) is 0 Å². The summed E-state index contributed by atoms with van der Waals surface area (Å²) >= 11 is 0. The van der Waals surface area contributed by atoms with Gasteiger partial charge in [0.05, 0.1) is 32.1 Å². The van der Waals surface area contributed by atoms with Crippen LogP contribution in [-0.4, -0.2) is 95.0 Å². The number of rotatable bonds is 10. The summed E-state index contributed by atoms with van der Waals surface area (Å²) in [6.45, 7) is 14.2. The molecule has 0 saturated carbocycles. The number of nitrogens with zero attached hydrogens (tertiary/aromatic N) is 4. The van der Waals surface area contributed by atoms with Gasteiger partial charge >= 0.3 is 0 Å². The number of hydrogen-bond acceptors (Lipinski definition) is 5. The third kappa shape index (κ3) is 7.05. The Labute approximate surface area is 192 Å². The Balaban J connectivity index is 1.55. The number of likely N-dealkylation sites (tertiary alicyclic amines) is 1. The number of anilines is 1. The van der Waals surface area contributed by atoms with Crippen LogP contribution in [0.25, 0.3) is 0 Å². The second-order valence-corrected chi connectivity index (χ2v) is 8.55. The Morgan fingerprint density at radius 1 is 1.16 bits per heavy atom. The van der Waals surface area contributed by atoms with Crippen LogP contribution in [0.4, 0.5) is 10.1 Å². The van der Waals surface area contributed by atoms with Gasteiger partial charge in [-0.15, -0.1) is 0 Å². The van der Waals surface area contributed by atoms with Crippen molar-refractivity contribution in [3.63, 3.8) is 0 Å². The summed E-state index contributed by atoms with van der Waals surface area (Å²) in [5.74, 6) is 1.25. The van der Waals surface area contributed by atoms with Crippen LogP contribution < -0.4 is 10.2 Å². The lowest BCUT2D eigenvalue weighted by atomic mass is 10.1. The molecular formula is C24H40FN5O2. The number of aliphatic imine (C=N–C) groups is 1. The number of halogens is 1. The number of methoxy groups -OCH3 is 1. The molecular weight excluding hydrogens is 409 g/mol. The average Bonchev–Trinajstić information content (AvgIpc) is 3.28. The lowest BCUT2D eigenvalue weighted by Gasteiger charge is -2.35. The van der Waals surface area contributed by atoms with Crippen LogP contribution in [0.1, 0.15) is 25.8 Å². The number of guanidine groups is 1. The van der Waals surface area contributed by atoms with Crippen molar-refractivity contribution in [2.45, 2.75) is 26.8 Å². The first-order valence-corrected chi connectivity index (χ1v) is 12.0. The average molecular weight is 450 g/mol. The van der Waals surface area contributed by atoms with Crippen LogP contribution in [0.3, 0.4) is 0 Å². The van der Waals surface area contributed by atoms with E-state index in [1.54, 1.807) is 13.2 Å². The normalized spacial score (nSPS) is 20.2. The number of nitrogens with one attached hydrogen (secondary N) is 1. The van der Waals surface area contributed by atoms with E-state index in [0.717, 1.165) is 76.9 Å². The third-order valence-corrected chi connectivity index (χ3v) is 6.29. The number of benzene rings is 1. The van der Waals surface area contributed by atoms with Gasteiger partial charge in [0, 0.05) is 58.8 Å². The van der Waals surface area contributed by atoms with E-state index in [9.17, 15) is 4.39 Å². The molecule has 2 aliphatic heterocycles. The highest BCUT2D eigenvalue weighted by atomic mass is 19.1. The fourth-order valence-electron chi connectivity index (χ4n) is 4.36. The summed E-state index contributed by atoms with van der Waals surface area (Å²) in [7, 11) is 1.69. The Morgan fingerprint density at radius 3 is 2.66 bits per heavy atom. The molecule has 180 valence electrons. The molecule has 0 aromatic heterocycles. The Bertz CT molecular complexity index is 724. The maximum absolute atomic E-state index is 14.9. The van der Waals surface area contributed by atoms with E-state index in [4.69, 9.17) is 14.5 Å².